The summed E-state index contributed by atoms with van der Waals surface area (Å²) in [5.74, 6) is -1.99. The summed E-state index contributed by atoms with van der Waals surface area (Å²) in [6, 6.07) is 5.41. The average molecular weight is 289 g/mol. The van der Waals surface area contributed by atoms with Crippen LogP contribution in [0.1, 0.15) is 43.0 Å². The van der Waals surface area contributed by atoms with Gasteiger partial charge in [0.2, 0.25) is 0 Å². The Morgan fingerprint density at radius 2 is 1.85 bits per heavy atom. The fraction of sp³-hybridized carbons (Fsp3) is 0.429. The van der Waals surface area contributed by atoms with E-state index in [1.54, 1.807) is 0 Å². The summed E-state index contributed by atoms with van der Waals surface area (Å²) < 4.78 is 13.5. The maximum Gasteiger partial charge on any atom is 1.00 e. The van der Waals surface area contributed by atoms with Crippen molar-refractivity contribution < 1.29 is 48.6 Å². The van der Waals surface area contributed by atoms with Crippen LogP contribution >= 0.6 is 0 Å². The molecule has 1 N–H and O–H groups in total. The molecule has 1 unspecified atom stereocenters. The Kier molecular flexibility index (Phi) is 9.46. The van der Waals surface area contributed by atoms with E-state index in [1.807, 2.05) is 6.92 Å². The number of carbonyl (C=O) groups excluding carboxylic acids is 2. The quantitative estimate of drug-likeness (QED) is 0.512. The van der Waals surface area contributed by atoms with E-state index in [0.29, 0.717) is 12.1 Å². The van der Waals surface area contributed by atoms with Gasteiger partial charge in [-0.3, -0.25) is 4.79 Å². The first-order valence-electron chi connectivity index (χ1n) is 6.31. The Morgan fingerprint density at radius 1 is 1.25 bits per heavy atom. The van der Waals surface area contributed by atoms with Gasteiger partial charge in [0.25, 0.3) is 5.91 Å². The first-order chi connectivity index (χ1) is 9.04. The number of carbonyl (C=O) groups is 2. The molecule has 0 aromatic heterocycles. The number of hydrogen-bond acceptors (Lipinski definition) is 3. The first kappa shape index (κ1) is 19.1. The third-order valence-corrected chi connectivity index (χ3v) is 2.73. The van der Waals surface area contributed by atoms with Crippen molar-refractivity contribution in [2.24, 2.45) is 0 Å². The number of anilines is 1. The van der Waals surface area contributed by atoms with E-state index in [2.05, 4.69) is 5.32 Å². The molecule has 0 aliphatic heterocycles. The van der Waals surface area contributed by atoms with Gasteiger partial charge in [-0.05, 0) is 24.1 Å². The number of carboxylic acid groups (broad SMARTS) is 1. The zero-order valence-electron chi connectivity index (χ0n) is 11.8. The molecule has 20 heavy (non-hydrogen) atoms. The van der Waals surface area contributed by atoms with Gasteiger partial charge >= 0.3 is 29.6 Å². The van der Waals surface area contributed by atoms with Crippen LogP contribution in [-0.4, -0.2) is 18.0 Å². The Bertz CT molecular complexity index is 437. The third kappa shape index (κ3) is 6.50. The average Bonchev–Trinajstić information content (AvgIpc) is 2.39. The van der Waals surface area contributed by atoms with Crippen LogP contribution in [0.3, 0.4) is 0 Å². The molecule has 1 aromatic rings. The molecule has 1 atom stereocenters. The number of alkyl halides is 1. The molecule has 0 saturated heterocycles. The molecule has 1 aromatic carbocycles. The van der Waals surface area contributed by atoms with Gasteiger partial charge in [0, 0.05) is 5.69 Å². The minimum Gasteiger partial charge on any atom is -0.545 e. The molecule has 0 saturated carbocycles. The molecule has 0 spiro atoms. The van der Waals surface area contributed by atoms with Crippen LogP contribution in [0, 0.1) is 0 Å². The Hall–Kier alpha value is -0.910. The molecule has 0 fully saturated rings. The number of halogens is 1. The number of amides is 1. The van der Waals surface area contributed by atoms with Crippen molar-refractivity contribution in [1.82, 2.24) is 0 Å². The molecule has 4 nitrogen and oxygen atoms in total. The van der Waals surface area contributed by atoms with E-state index in [0.717, 1.165) is 12.8 Å². The number of benzene rings is 1. The number of rotatable bonds is 7. The van der Waals surface area contributed by atoms with E-state index in [4.69, 9.17) is 0 Å². The van der Waals surface area contributed by atoms with E-state index in [9.17, 15) is 19.1 Å². The molecule has 0 radical (unpaired) electrons. The normalized spacial score (nSPS) is 11.3. The van der Waals surface area contributed by atoms with Crippen LogP contribution in [-0.2, 0) is 4.79 Å². The van der Waals surface area contributed by atoms with Gasteiger partial charge in [-0.2, -0.15) is 0 Å². The van der Waals surface area contributed by atoms with Gasteiger partial charge in [0.05, 0.1) is 5.97 Å². The Balaban J connectivity index is 0.00000361. The monoisotopic (exact) mass is 289 g/mol. The van der Waals surface area contributed by atoms with Gasteiger partial charge < -0.3 is 15.2 Å². The standard InChI is InChI=1S/C14H18FNO3.Na/c1-2-3-4-5-12(15)13(17)16-11-8-6-10(7-9-11)14(18)19;/h6-9,12H,2-5H2,1H3,(H,16,17)(H,18,19);/q;+1/p-1. The van der Waals surface area contributed by atoms with Crippen LogP contribution in [0.15, 0.2) is 24.3 Å². The van der Waals surface area contributed by atoms with Gasteiger partial charge in [-0.25, -0.2) is 4.39 Å². The van der Waals surface area contributed by atoms with Crippen molar-refractivity contribution in [1.29, 1.82) is 0 Å². The SMILES string of the molecule is CCCCCC(F)C(=O)Nc1ccc(C(=O)[O-])cc1.[Na+]. The molecule has 1 amide bonds. The van der Waals surface area contributed by atoms with Crippen molar-refractivity contribution >= 4 is 17.6 Å². The fourth-order valence-electron chi connectivity index (χ4n) is 1.61. The third-order valence-electron chi connectivity index (χ3n) is 2.73. The van der Waals surface area contributed by atoms with E-state index in [-0.39, 0.29) is 41.5 Å². The molecule has 0 aliphatic carbocycles. The predicted molar refractivity (Wildman–Crippen MR) is 68.4 cm³/mol. The second kappa shape index (κ2) is 9.91. The molecule has 0 bridgehead atoms. The van der Waals surface area contributed by atoms with Crippen LogP contribution in [0.25, 0.3) is 0 Å². The minimum atomic E-state index is -1.53. The summed E-state index contributed by atoms with van der Waals surface area (Å²) in [5.41, 5.74) is 0.380. The number of aromatic carboxylic acids is 1. The molecule has 1 rings (SSSR count). The van der Waals surface area contributed by atoms with Crippen LogP contribution in [0.5, 0.6) is 0 Å². The summed E-state index contributed by atoms with van der Waals surface area (Å²) >= 11 is 0. The van der Waals surface area contributed by atoms with Crippen LogP contribution in [0.4, 0.5) is 10.1 Å². The smallest absolute Gasteiger partial charge is 0.545 e. The van der Waals surface area contributed by atoms with Crippen molar-refractivity contribution in [3.05, 3.63) is 29.8 Å². The number of nitrogens with one attached hydrogen (secondary N) is 1. The second-order valence-corrected chi connectivity index (χ2v) is 4.32. The molecule has 104 valence electrons. The minimum absolute atomic E-state index is 0. The number of carboxylic acids is 1. The summed E-state index contributed by atoms with van der Waals surface area (Å²) in [5, 5.41) is 12.9. The second-order valence-electron chi connectivity index (χ2n) is 4.32. The van der Waals surface area contributed by atoms with Gasteiger partial charge in [0.1, 0.15) is 0 Å². The first-order valence-corrected chi connectivity index (χ1v) is 6.31. The van der Waals surface area contributed by atoms with Crippen LogP contribution < -0.4 is 40.0 Å². The molecule has 0 heterocycles. The summed E-state index contributed by atoms with van der Waals surface area (Å²) in [7, 11) is 0. The summed E-state index contributed by atoms with van der Waals surface area (Å²) in [6.45, 7) is 2.01. The van der Waals surface area contributed by atoms with E-state index in [1.165, 1.54) is 24.3 Å². The van der Waals surface area contributed by atoms with Crippen molar-refractivity contribution in [3.8, 4) is 0 Å². The molecule has 0 aliphatic rings. The zero-order chi connectivity index (χ0) is 14.3. The maximum atomic E-state index is 13.5. The maximum absolute atomic E-state index is 13.5. The van der Waals surface area contributed by atoms with Crippen LogP contribution in [0.2, 0.25) is 0 Å². The van der Waals surface area contributed by atoms with E-state index >= 15 is 0 Å². The van der Waals surface area contributed by atoms with Gasteiger partial charge in [-0.1, -0.05) is 38.3 Å². The van der Waals surface area contributed by atoms with Gasteiger partial charge in [0.15, 0.2) is 6.17 Å². The zero-order valence-corrected chi connectivity index (χ0v) is 13.8. The van der Waals surface area contributed by atoms with E-state index < -0.39 is 18.0 Å². The van der Waals surface area contributed by atoms with Crippen molar-refractivity contribution in [2.45, 2.75) is 38.8 Å². The molecule has 6 heteroatoms. The van der Waals surface area contributed by atoms with Crippen molar-refractivity contribution in [3.63, 3.8) is 0 Å². The van der Waals surface area contributed by atoms with Gasteiger partial charge in [-0.15, -0.1) is 0 Å². The largest absolute Gasteiger partial charge is 1.00 e. The summed E-state index contributed by atoms with van der Waals surface area (Å²) in [4.78, 5) is 22.0. The topological polar surface area (TPSA) is 69.2 Å². The number of hydrogen-bond donors (Lipinski definition) is 1. The Morgan fingerprint density at radius 3 is 2.35 bits per heavy atom. The molecular weight excluding hydrogens is 272 g/mol. The fourth-order valence-corrected chi connectivity index (χ4v) is 1.61. The van der Waals surface area contributed by atoms with Crippen molar-refractivity contribution in [2.75, 3.05) is 5.32 Å². The Labute approximate surface area is 140 Å². The number of unbranched alkanes of at least 4 members (excludes halogenated alkanes) is 2. The molecular formula is C14H17FNNaO3. The predicted octanol–water partition coefficient (Wildman–Crippen LogP) is -1.09. The summed E-state index contributed by atoms with van der Waals surface area (Å²) in [6.07, 6.45) is 1.21.